The third-order valence-electron chi connectivity index (χ3n) is 0.348. The van der Waals surface area contributed by atoms with Crippen molar-refractivity contribution in [3.63, 3.8) is 0 Å². The first-order valence-electron chi connectivity index (χ1n) is 1.90. The molecule has 38 valence electrons. The molecule has 1 nitrogen and oxygen atoms in total. The van der Waals surface area contributed by atoms with Crippen molar-refractivity contribution in [2.75, 3.05) is 6.61 Å². The molecule has 0 aromatic heterocycles. The molecule has 0 rings (SSSR count). The van der Waals surface area contributed by atoms with Crippen LogP contribution in [-0.4, -0.2) is 30.5 Å². The summed E-state index contributed by atoms with van der Waals surface area (Å²) < 4.78 is 4.77. The van der Waals surface area contributed by atoms with Gasteiger partial charge in [-0.3, -0.25) is 0 Å². The molecular weight excluding hydrogens is 103 g/mol. The molecule has 0 bridgehead atoms. The van der Waals surface area contributed by atoms with Crippen LogP contribution in [0.1, 0.15) is 13.8 Å². The van der Waals surface area contributed by atoms with Crippen molar-refractivity contribution in [1.82, 2.24) is 0 Å². The Balaban J connectivity index is 0. The summed E-state index contributed by atoms with van der Waals surface area (Å²) >= 11 is 4.57. The molecule has 0 unspecified atom stereocenters. The second kappa shape index (κ2) is 6.49. The molecule has 0 aliphatic rings. The first kappa shape index (κ1) is 10.5. The van der Waals surface area contributed by atoms with Crippen molar-refractivity contribution in [3.8, 4) is 0 Å². The molecule has 3 heteroatoms. The Labute approximate surface area is 61.6 Å². The van der Waals surface area contributed by atoms with E-state index in [1.165, 1.54) is 0 Å². The van der Waals surface area contributed by atoms with Gasteiger partial charge in [0.25, 0.3) is 0 Å². The molecule has 0 amide bonds. The van der Waals surface area contributed by atoms with Crippen molar-refractivity contribution >= 4 is 36.1 Å². The first-order valence-corrected chi connectivity index (χ1v) is 2.31. The summed E-state index contributed by atoms with van der Waals surface area (Å²) in [6.07, 6.45) is 0. The Morgan fingerprint density at radius 1 is 1.71 bits per heavy atom. The monoisotopic (exact) mass is 112 g/mol. The molecule has 0 saturated carbocycles. The molecule has 0 fully saturated rings. The van der Waals surface area contributed by atoms with Gasteiger partial charge in [-0.25, -0.2) is 0 Å². The predicted octanol–water partition coefficient (Wildman–Crippen LogP) is 0.722. The van der Waals surface area contributed by atoms with Crippen LogP contribution in [0.2, 0.25) is 0 Å². The molecule has 0 aliphatic heterocycles. The van der Waals surface area contributed by atoms with Crippen molar-refractivity contribution in [1.29, 1.82) is 0 Å². The summed E-state index contributed by atoms with van der Waals surface area (Å²) in [6.45, 7) is 4.37. The van der Waals surface area contributed by atoms with E-state index in [0.717, 1.165) is 0 Å². The van der Waals surface area contributed by atoms with E-state index in [-0.39, 0.29) is 18.9 Å². The molecule has 7 heavy (non-hydrogen) atoms. The maximum atomic E-state index is 4.77. The predicted molar refractivity (Wildman–Crippen MR) is 37.0 cm³/mol. The van der Waals surface area contributed by atoms with Gasteiger partial charge in [-0.2, -0.15) is 0 Å². The second-order valence-electron chi connectivity index (χ2n) is 0.925. The number of hydrogen-bond acceptors (Lipinski definition) is 2. The zero-order valence-corrected chi connectivity index (χ0v) is 4.84. The van der Waals surface area contributed by atoms with Crippen molar-refractivity contribution < 1.29 is 4.74 Å². The zero-order chi connectivity index (χ0) is 4.99. The number of thiocarbonyl (C=S) groups is 1. The van der Waals surface area contributed by atoms with Crippen LogP contribution in [0.15, 0.2) is 0 Å². The maximum absolute atomic E-state index is 4.77. The molecule has 0 atom stereocenters. The van der Waals surface area contributed by atoms with E-state index >= 15 is 0 Å². The SMILES string of the molecule is CCOC(C)=S.[LiH]. The minimum absolute atomic E-state index is 0. The van der Waals surface area contributed by atoms with Crippen LogP contribution in [0.5, 0.6) is 0 Å². The molecule has 0 N–H and O–H groups in total. The average Bonchev–Trinajstić information content (AvgIpc) is 1.35. The second-order valence-corrected chi connectivity index (χ2v) is 1.50. The number of ether oxygens (including phenoxy) is 1. The Morgan fingerprint density at radius 3 is 2.14 bits per heavy atom. The Kier molecular flexibility index (Phi) is 9.70. The van der Waals surface area contributed by atoms with Gasteiger partial charge in [0.2, 0.25) is 0 Å². The van der Waals surface area contributed by atoms with Crippen LogP contribution in [-0.2, 0) is 4.74 Å². The summed E-state index contributed by atoms with van der Waals surface area (Å²) in [7, 11) is 0. The van der Waals surface area contributed by atoms with Crippen LogP contribution in [0.4, 0.5) is 0 Å². The van der Waals surface area contributed by atoms with E-state index in [0.29, 0.717) is 11.7 Å². The van der Waals surface area contributed by atoms with Gasteiger partial charge in [0.05, 0.1) is 6.61 Å². The van der Waals surface area contributed by atoms with E-state index in [4.69, 9.17) is 4.74 Å². The van der Waals surface area contributed by atoms with E-state index in [9.17, 15) is 0 Å². The van der Waals surface area contributed by atoms with E-state index in [1.807, 2.05) is 6.92 Å². The number of rotatable bonds is 1. The summed E-state index contributed by atoms with van der Waals surface area (Å²) in [5.41, 5.74) is 0. The van der Waals surface area contributed by atoms with Gasteiger partial charge >= 0.3 is 18.9 Å². The van der Waals surface area contributed by atoms with E-state index < -0.39 is 0 Å². The summed E-state index contributed by atoms with van der Waals surface area (Å²) in [4.78, 5) is 0. The Bertz CT molecular complexity index is 55.7. The van der Waals surface area contributed by atoms with Gasteiger partial charge in [-0.05, 0) is 19.1 Å². The Hall–Kier alpha value is 0.487. The van der Waals surface area contributed by atoms with Gasteiger partial charge in [-0.15, -0.1) is 0 Å². The summed E-state index contributed by atoms with van der Waals surface area (Å²) in [6, 6.07) is 0. The van der Waals surface area contributed by atoms with Crippen molar-refractivity contribution in [3.05, 3.63) is 0 Å². The average molecular weight is 112 g/mol. The quantitative estimate of drug-likeness (QED) is 0.365. The standard InChI is InChI=1S/C4H8OS.Li.H/c1-3-5-4(2)6;;/h3H2,1-2H3;;. The molecule has 0 saturated heterocycles. The van der Waals surface area contributed by atoms with Crippen molar-refractivity contribution in [2.24, 2.45) is 0 Å². The fourth-order valence-corrected chi connectivity index (χ4v) is 0.321. The molecule has 0 aromatic carbocycles. The van der Waals surface area contributed by atoms with Crippen LogP contribution < -0.4 is 0 Å². The third-order valence-corrected chi connectivity index (χ3v) is 0.465. The van der Waals surface area contributed by atoms with Gasteiger partial charge in [0, 0.05) is 6.92 Å². The zero-order valence-electron chi connectivity index (χ0n) is 4.02. The first-order chi connectivity index (χ1) is 2.77. The van der Waals surface area contributed by atoms with E-state index in [1.54, 1.807) is 6.92 Å². The van der Waals surface area contributed by atoms with Crippen LogP contribution >= 0.6 is 12.2 Å². The van der Waals surface area contributed by atoms with Crippen LogP contribution in [0.3, 0.4) is 0 Å². The molecule has 0 radical (unpaired) electrons. The minimum atomic E-state index is 0. The van der Waals surface area contributed by atoms with Gasteiger partial charge in [0.1, 0.15) is 0 Å². The van der Waals surface area contributed by atoms with Crippen LogP contribution in [0, 0.1) is 0 Å². The van der Waals surface area contributed by atoms with Crippen LogP contribution in [0.25, 0.3) is 0 Å². The summed E-state index contributed by atoms with van der Waals surface area (Å²) in [5.74, 6) is 0. The Morgan fingerprint density at radius 2 is 2.14 bits per heavy atom. The molecular formula is C4H9LiOS. The topological polar surface area (TPSA) is 9.23 Å². The molecule has 0 heterocycles. The van der Waals surface area contributed by atoms with Gasteiger partial charge in [-0.1, -0.05) is 0 Å². The van der Waals surface area contributed by atoms with E-state index in [2.05, 4.69) is 12.2 Å². The fourth-order valence-electron chi connectivity index (χ4n) is 0.203. The molecule has 0 spiro atoms. The molecule has 0 aliphatic carbocycles. The van der Waals surface area contributed by atoms with Gasteiger partial charge in [0.15, 0.2) is 5.05 Å². The molecule has 0 aromatic rings. The van der Waals surface area contributed by atoms with Gasteiger partial charge < -0.3 is 4.74 Å². The fraction of sp³-hybridized carbons (Fsp3) is 0.750. The van der Waals surface area contributed by atoms with Crippen molar-refractivity contribution in [2.45, 2.75) is 13.8 Å². The normalized spacial score (nSPS) is 6.57. The third kappa shape index (κ3) is 10.7. The summed E-state index contributed by atoms with van der Waals surface area (Å²) in [5, 5.41) is 0.623. The number of hydrogen-bond donors (Lipinski definition) is 0.